The first kappa shape index (κ1) is 15.1. The van der Waals surface area contributed by atoms with Crippen LogP contribution in [0.2, 0.25) is 5.02 Å². The summed E-state index contributed by atoms with van der Waals surface area (Å²) < 4.78 is 5.50. The molecule has 1 saturated heterocycles. The van der Waals surface area contributed by atoms with Crippen molar-refractivity contribution in [2.24, 2.45) is 0 Å². The van der Waals surface area contributed by atoms with E-state index >= 15 is 0 Å². The highest BCUT2D eigenvalue weighted by atomic mass is 35.5. The molecule has 0 aromatic heterocycles. The lowest BCUT2D eigenvalue weighted by atomic mass is 10.0. The molecule has 1 heterocycles. The molecule has 0 bridgehead atoms. The first-order valence-corrected chi connectivity index (χ1v) is 7.26. The SMILES string of the molecule is CN1CCC(N(C)C(=O)COc2ccc(Cl)cc2)CC1. The Morgan fingerprint density at radius 3 is 2.55 bits per heavy atom. The Morgan fingerprint density at radius 1 is 1.35 bits per heavy atom. The topological polar surface area (TPSA) is 32.8 Å². The standard InChI is InChI=1S/C15H21ClN2O2/c1-17-9-7-13(8-10-17)18(2)15(19)11-20-14-5-3-12(16)4-6-14/h3-6,13H,7-11H2,1-2H3. The Kier molecular flexibility index (Phi) is 5.26. The molecule has 0 aliphatic carbocycles. The zero-order valence-corrected chi connectivity index (χ0v) is 12.8. The molecule has 1 aromatic carbocycles. The van der Waals surface area contributed by atoms with Crippen molar-refractivity contribution < 1.29 is 9.53 Å². The normalized spacial score (nSPS) is 16.9. The van der Waals surface area contributed by atoms with Gasteiger partial charge in [-0.05, 0) is 57.2 Å². The van der Waals surface area contributed by atoms with Crippen molar-refractivity contribution in [1.82, 2.24) is 9.80 Å². The lowest BCUT2D eigenvalue weighted by molar-refractivity contribution is -0.134. The van der Waals surface area contributed by atoms with Gasteiger partial charge in [0.1, 0.15) is 5.75 Å². The van der Waals surface area contributed by atoms with E-state index < -0.39 is 0 Å². The van der Waals surface area contributed by atoms with E-state index in [0.717, 1.165) is 25.9 Å². The lowest BCUT2D eigenvalue weighted by Crippen LogP contribution is -2.45. The fourth-order valence-electron chi connectivity index (χ4n) is 2.36. The van der Waals surface area contributed by atoms with Crippen LogP contribution in [0.25, 0.3) is 0 Å². The average molecular weight is 297 g/mol. The summed E-state index contributed by atoms with van der Waals surface area (Å²) in [4.78, 5) is 16.2. The number of amides is 1. The largest absolute Gasteiger partial charge is 0.484 e. The molecule has 1 aliphatic rings. The zero-order valence-electron chi connectivity index (χ0n) is 12.0. The van der Waals surface area contributed by atoms with Gasteiger partial charge in [-0.15, -0.1) is 0 Å². The number of likely N-dealkylation sites (tertiary alicyclic amines) is 1. The van der Waals surface area contributed by atoms with Gasteiger partial charge in [0, 0.05) is 18.1 Å². The molecule has 0 radical (unpaired) electrons. The molecular weight excluding hydrogens is 276 g/mol. The van der Waals surface area contributed by atoms with Crippen LogP contribution in [-0.2, 0) is 4.79 Å². The number of benzene rings is 1. The second-order valence-corrected chi connectivity index (χ2v) is 5.72. The van der Waals surface area contributed by atoms with Gasteiger partial charge in [0.25, 0.3) is 5.91 Å². The van der Waals surface area contributed by atoms with Gasteiger partial charge in [-0.1, -0.05) is 11.6 Å². The van der Waals surface area contributed by atoms with Crippen LogP contribution in [0, 0.1) is 0 Å². The molecule has 4 nitrogen and oxygen atoms in total. The maximum Gasteiger partial charge on any atom is 0.260 e. The first-order valence-electron chi connectivity index (χ1n) is 6.89. The number of piperidine rings is 1. The van der Waals surface area contributed by atoms with Gasteiger partial charge in [-0.2, -0.15) is 0 Å². The van der Waals surface area contributed by atoms with Crippen molar-refractivity contribution >= 4 is 17.5 Å². The van der Waals surface area contributed by atoms with Gasteiger partial charge in [-0.25, -0.2) is 0 Å². The second-order valence-electron chi connectivity index (χ2n) is 5.28. The van der Waals surface area contributed by atoms with Crippen LogP contribution in [-0.4, -0.2) is 55.5 Å². The molecule has 0 saturated carbocycles. The van der Waals surface area contributed by atoms with Gasteiger partial charge >= 0.3 is 0 Å². The summed E-state index contributed by atoms with van der Waals surface area (Å²) in [5.41, 5.74) is 0. The third-order valence-electron chi connectivity index (χ3n) is 3.81. The van der Waals surface area contributed by atoms with E-state index in [1.807, 2.05) is 11.9 Å². The minimum Gasteiger partial charge on any atom is -0.484 e. The maximum absolute atomic E-state index is 12.1. The van der Waals surface area contributed by atoms with Crippen molar-refractivity contribution in [3.63, 3.8) is 0 Å². The van der Waals surface area contributed by atoms with Crippen LogP contribution < -0.4 is 4.74 Å². The summed E-state index contributed by atoms with van der Waals surface area (Å²) in [6, 6.07) is 7.37. The monoisotopic (exact) mass is 296 g/mol. The Balaban J connectivity index is 1.80. The van der Waals surface area contributed by atoms with Gasteiger partial charge in [-0.3, -0.25) is 4.79 Å². The Bertz CT molecular complexity index is 442. The highest BCUT2D eigenvalue weighted by Gasteiger charge is 2.23. The summed E-state index contributed by atoms with van der Waals surface area (Å²) in [5, 5.41) is 0.659. The summed E-state index contributed by atoms with van der Waals surface area (Å²) in [6.07, 6.45) is 2.05. The molecule has 110 valence electrons. The van der Waals surface area contributed by atoms with Gasteiger partial charge in [0.15, 0.2) is 6.61 Å². The fraction of sp³-hybridized carbons (Fsp3) is 0.533. The molecule has 0 unspecified atom stereocenters. The van der Waals surface area contributed by atoms with Crippen LogP contribution in [0.1, 0.15) is 12.8 Å². The number of likely N-dealkylation sites (N-methyl/N-ethyl adjacent to an activating group) is 1. The molecule has 0 atom stereocenters. The van der Waals surface area contributed by atoms with Gasteiger partial charge in [0.05, 0.1) is 0 Å². The van der Waals surface area contributed by atoms with Crippen molar-refractivity contribution in [2.45, 2.75) is 18.9 Å². The molecule has 2 rings (SSSR count). The quantitative estimate of drug-likeness (QED) is 0.854. The summed E-state index contributed by atoms with van der Waals surface area (Å²) in [5.74, 6) is 0.689. The van der Waals surface area contributed by atoms with Crippen molar-refractivity contribution in [3.05, 3.63) is 29.3 Å². The van der Waals surface area contributed by atoms with Crippen molar-refractivity contribution in [3.8, 4) is 5.75 Å². The number of nitrogens with zero attached hydrogens (tertiary/aromatic N) is 2. The summed E-state index contributed by atoms with van der Waals surface area (Å²) in [6.45, 7) is 2.16. The van der Waals surface area contributed by atoms with Crippen molar-refractivity contribution in [1.29, 1.82) is 0 Å². The first-order chi connectivity index (χ1) is 9.56. The molecular formula is C15H21ClN2O2. The van der Waals surface area contributed by atoms with E-state index in [-0.39, 0.29) is 12.5 Å². The number of ether oxygens (including phenoxy) is 1. The number of carbonyl (C=O) groups excluding carboxylic acids is 1. The Hall–Kier alpha value is -1.26. The third kappa shape index (κ3) is 4.12. The number of hydrogen-bond acceptors (Lipinski definition) is 3. The number of hydrogen-bond donors (Lipinski definition) is 0. The number of rotatable bonds is 4. The van der Waals surface area contributed by atoms with E-state index in [2.05, 4.69) is 11.9 Å². The molecule has 1 aliphatic heterocycles. The Morgan fingerprint density at radius 2 is 1.95 bits per heavy atom. The molecule has 0 spiro atoms. The van der Waals surface area contributed by atoms with Gasteiger partial charge < -0.3 is 14.5 Å². The lowest BCUT2D eigenvalue weighted by Gasteiger charge is -2.35. The summed E-state index contributed by atoms with van der Waals surface area (Å²) in [7, 11) is 3.98. The number of carbonyl (C=O) groups is 1. The van der Waals surface area contributed by atoms with Crippen LogP contribution in [0.3, 0.4) is 0 Å². The van der Waals surface area contributed by atoms with E-state index in [0.29, 0.717) is 16.8 Å². The van der Waals surface area contributed by atoms with E-state index in [1.165, 1.54) is 0 Å². The third-order valence-corrected chi connectivity index (χ3v) is 4.06. The van der Waals surface area contributed by atoms with E-state index in [9.17, 15) is 4.79 Å². The molecule has 0 N–H and O–H groups in total. The molecule has 1 aromatic rings. The minimum atomic E-state index is 0.0227. The minimum absolute atomic E-state index is 0.0227. The van der Waals surface area contributed by atoms with Crippen LogP contribution >= 0.6 is 11.6 Å². The predicted octanol–water partition coefficient (Wildman–Crippen LogP) is 2.27. The van der Waals surface area contributed by atoms with Crippen molar-refractivity contribution in [2.75, 3.05) is 33.8 Å². The van der Waals surface area contributed by atoms with Crippen LogP contribution in [0.15, 0.2) is 24.3 Å². The average Bonchev–Trinajstić information content (AvgIpc) is 2.46. The Labute approximate surface area is 125 Å². The summed E-state index contributed by atoms with van der Waals surface area (Å²) >= 11 is 5.80. The molecule has 1 fully saturated rings. The highest BCUT2D eigenvalue weighted by molar-refractivity contribution is 6.30. The van der Waals surface area contributed by atoms with E-state index in [4.69, 9.17) is 16.3 Å². The van der Waals surface area contributed by atoms with Gasteiger partial charge in [0.2, 0.25) is 0 Å². The van der Waals surface area contributed by atoms with Crippen LogP contribution in [0.4, 0.5) is 0 Å². The fourth-order valence-corrected chi connectivity index (χ4v) is 2.49. The zero-order chi connectivity index (χ0) is 14.5. The highest BCUT2D eigenvalue weighted by Crippen LogP contribution is 2.17. The second kappa shape index (κ2) is 6.95. The number of halogens is 1. The predicted molar refractivity (Wildman–Crippen MR) is 80.2 cm³/mol. The van der Waals surface area contributed by atoms with E-state index in [1.54, 1.807) is 24.3 Å². The molecule has 1 amide bonds. The maximum atomic E-state index is 12.1. The molecule has 5 heteroatoms. The van der Waals surface area contributed by atoms with Crippen LogP contribution in [0.5, 0.6) is 5.75 Å². The smallest absolute Gasteiger partial charge is 0.260 e. The molecule has 20 heavy (non-hydrogen) atoms.